The van der Waals surface area contributed by atoms with Crippen molar-refractivity contribution >= 4 is 6.21 Å². The zero-order valence-electron chi connectivity index (χ0n) is 7.02. The average molecular weight is 137 g/mol. The molecule has 0 aliphatic rings. The van der Waals surface area contributed by atoms with Crippen LogP contribution in [0.25, 0.3) is 0 Å². The molecule has 0 aromatic rings. The van der Waals surface area contributed by atoms with Gasteiger partial charge in [-0.2, -0.15) is 0 Å². The van der Waals surface area contributed by atoms with Crippen LogP contribution in [-0.4, -0.2) is 6.21 Å². The molecule has 0 atom stereocenters. The Bertz CT molecular complexity index is 164. The molecule has 0 spiro atoms. The van der Waals surface area contributed by atoms with Crippen molar-refractivity contribution in [3.05, 3.63) is 23.9 Å². The molecule has 0 aromatic heterocycles. The van der Waals surface area contributed by atoms with Gasteiger partial charge in [-0.15, -0.1) is 0 Å². The van der Waals surface area contributed by atoms with Gasteiger partial charge in [-0.05, 0) is 25.8 Å². The van der Waals surface area contributed by atoms with Crippen LogP contribution in [0.15, 0.2) is 28.9 Å². The molecule has 0 aromatic carbocycles. The molecule has 0 aliphatic carbocycles. The number of aliphatic imine (C=N–C) groups is 1. The standard InChI is InChI=1S/C9H15N/c1-5-7-8(3)9(4)10-6-2/h6-7H,4-5H2,1-3H3/b8-7+,10-6?. The Morgan fingerprint density at radius 1 is 1.60 bits per heavy atom. The van der Waals surface area contributed by atoms with Crippen molar-refractivity contribution in [3.63, 3.8) is 0 Å². The molecule has 0 amide bonds. The van der Waals surface area contributed by atoms with Gasteiger partial charge in [0.1, 0.15) is 0 Å². The summed E-state index contributed by atoms with van der Waals surface area (Å²) < 4.78 is 0. The van der Waals surface area contributed by atoms with E-state index >= 15 is 0 Å². The van der Waals surface area contributed by atoms with Gasteiger partial charge in [-0.3, -0.25) is 4.99 Å². The molecule has 0 aliphatic heterocycles. The van der Waals surface area contributed by atoms with E-state index in [9.17, 15) is 0 Å². The van der Waals surface area contributed by atoms with Gasteiger partial charge in [0, 0.05) is 6.21 Å². The van der Waals surface area contributed by atoms with E-state index in [0.29, 0.717) is 0 Å². The third-order valence-corrected chi connectivity index (χ3v) is 1.25. The lowest BCUT2D eigenvalue weighted by Crippen LogP contribution is -1.78. The Morgan fingerprint density at radius 3 is 2.60 bits per heavy atom. The molecule has 0 bridgehead atoms. The van der Waals surface area contributed by atoms with E-state index in [1.807, 2.05) is 13.8 Å². The highest BCUT2D eigenvalue weighted by atomic mass is 14.7. The topological polar surface area (TPSA) is 12.4 Å². The Labute approximate surface area is 63.2 Å². The number of hydrogen-bond acceptors (Lipinski definition) is 1. The summed E-state index contributed by atoms with van der Waals surface area (Å²) in [6, 6.07) is 0. The first-order valence-corrected chi connectivity index (χ1v) is 3.57. The van der Waals surface area contributed by atoms with E-state index < -0.39 is 0 Å². The Balaban J connectivity index is 4.07. The van der Waals surface area contributed by atoms with E-state index in [-0.39, 0.29) is 0 Å². The Morgan fingerprint density at radius 2 is 2.20 bits per heavy atom. The van der Waals surface area contributed by atoms with Crippen LogP contribution in [-0.2, 0) is 0 Å². The van der Waals surface area contributed by atoms with E-state index in [0.717, 1.165) is 12.1 Å². The van der Waals surface area contributed by atoms with Crippen molar-refractivity contribution < 1.29 is 0 Å². The molecule has 0 saturated carbocycles. The summed E-state index contributed by atoms with van der Waals surface area (Å²) in [5, 5.41) is 0. The van der Waals surface area contributed by atoms with E-state index in [1.54, 1.807) is 6.21 Å². The monoisotopic (exact) mass is 137 g/mol. The molecule has 1 heteroatoms. The Kier molecular flexibility index (Phi) is 4.55. The molecular weight excluding hydrogens is 122 g/mol. The van der Waals surface area contributed by atoms with Crippen molar-refractivity contribution in [1.29, 1.82) is 0 Å². The number of hydrogen-bond donors (Lipinski definition) is 0. The van der Waals surface area contributed by atoms with Crippen LogP contribution in [0.1, 0.15) is 27.2 Å². The summed E-state index contributed by atoms with van der Waals surface area (Å²) in [7, 11) is 0. The molecule has 0 rings (SSSR count). The zero-order chi connectivity index (χ0) is 7.98. The van der Waals surface area contributed by atoms with Crippen LogP contribution in [0.3, 0.4) is 0 Å². The molecule has 56 valence electrons. The normalized spacial score (nSPS) is 12.5. The lowest BCUT2D eigenvalue weighted by Gasteiger charge is -1.96. The SMILES string of the molecule is C=C(N=CC)/C(C)=C/CC. The fourth-order valence-corrected chi connectivity index (χ4v) is 0.682. The largest absolute Gasteiger partial charge is 0.262 e. The number of nitrogens with zero attached hydrogens (tertiary/aromatic N) is 1. The van der Waals surface area contributed by atoms with Crippen molar-refractivity contribution in [1.82, 2.24) is 0 Å². The molecule has 0 heterocycles. The molecule has 10 heavy (non-hydrogen) atoms. The van der Waals surface area contributed by atoms with Gasteiger partial charge < -0.3 is 0 Å². The van der Waals surface area contributed by atoms with Crippen LogP contribution in [0.4, 0.5) is 0 Å². The van der Waals surface area contributed by atoms with Crippen molar-refractivity contribution in [2.75, 3.05) is 0 Å². The first-order valence-electron chi connectivity index (χ1n) is 3.57. The molecule has 0 radical (unpaired) electrons. The quantitative estimate of drug-likeness (QED) is 0.419. The lowest BCUT2D eigenvalue weighted by molar-refractivity contribution is 1.17. The summed E-state index contributed by atoms with van der Waals surface area (Å²) in [4.78, 5) is 4.06. The highest BCUT2D eigenvalue weighted by molar-refractivity contribution is 5.56. The predicted molar refractivity (Wildman–Crippen MR) is 47.4 cm³/mol. The minimum atomic E-state index is 0.865. The van der Waals surface area contributed by atoms with Crippen LogP contribution < -0.4 is 0 Å². The third-order valence-electron chi connectivity index (χ3n) is 1.25. The second-order valence-corrected chi connectivity index (χ2v) is 2.13. The summed E-state index contributed by atoms with van der Waals surface area (Å²) >= 11 is 0. The maximum absolute atomic E-state index is 4.06. The van der Waals surface area contributed by atoms with Gasteiger partial charge in [0.25, 0.3) is 0 Å². The Hall–Kier alpha value is -0.850. The maximum Gasteiger partial charge on any atom is 0.0579 e. The smallest absolute Gasteiger partial charge is 0.0579 e. The highest BCUT2D eigenvalue weighted by Crippen LogP contribution is 2.07. The van der Waals surface area contributed by atoms with E-state index in [1.165, 1.54) is 5.57 Å². The number of rotatable bonds is 3. The minimum Gasteiger partial charge on any atom is -0.262 e. The number of allylic oxidation sites excluding steroid dienone is 2. The van der Waals surface area contributed by atoms with Crippen molar-refractivity contribution in [2.45, 2.75) is 27.2 Å². The molecule has 0 fully saturated rings. The fourth-order valence-electron chi connectivity index (χ4n) is 0.682. The van der Waals surface area contributed by atoms with Gasteiger partial charge in [-0.1, -0.05) is 19.6 Å². The predicted octanol–water partition coefficient (Wildman–Crippen LogP) is 2.95. The maximum atomic E-state index is 4.06. The van der Waals surface area contributed by atoms with Crippen LogP contribution in [0, 0.1) is 0 Å². The van der Waals surface area contributed by atoms with Crippen molar-refractivity contribution in [3.8, 4) is 0 Å². The summed E-state index contributed by atoms with van der Waals surface area (Å²) in [6.07, 6.45) is 4.93. The summed E-state index contributed by atoms with van der Waals surface area (Å²) in [6.45, 7) is 9.82. The molecular formula is C9H15N. The van der Waals surface area contributed by atoms with Gasteiger partial charge in [0.05, 0.1) is 5.70 Å². The third kappa shape index (κ3) is 3.23. The molecule has 0 N–H and O–H groups in total. The minimum absolute atomic E-state index is 0.865. The zero-order valence-corrected chi connectivity index (χ0v) is 7.02. The lowest BCUT2D eigenvalue weighted by atomic mass is 10.2. The molecule has 1 nitrogen and oxygen atoms in total. The van der Waals surface area contributed by atoms with Crippen LogP contribution >= 0.6 is 0 Å². The summed E-state index contributed by atoms with van der Waals surface area (Å²) in [5.74, 6) is 0. The molecule has 0 saturated heterocycles. The van der Waals surface area contributed by atoms with Gasteiger partial charge in [-0.25, -0.2) is 0 Å². The summed E-state index contributed by atoms with van der Waals surface area (Å²) in [5.41, 5.74) is 2.03. The first-order chi connectivity index (χ1) is 4.72. The van der Waals surface area contributed by atoms with Crippen LogP contribution in [0.2, 0.25) is 0 Å². The fraction of sp³-hybridized carbons (Fsp3) is 0.444. The second kappa shape index (κ2) is 4.98. The first kappa shape index (κ1) is 9.15. The van der Waals surface area contributed by atoms with Crippen molar-refractivity contribution in [2.24, 2.45) is 4.99 Å². The van der Waals surface area contributed by atoms with Gasteiger partial charge >= 0.3 is 0 Å². The second-order valence-electron chi connectivity index (χ2n) is 2.13. The van der Waals surface area contributed by atoms with E-state index in [2.05, 4.69) is 24.6 Å². The van der Waals surface area contributed by atoms with Crippen LogP contribution in [0.5, 0.6) is 0 Å². The van der Waals surface area contributed by atoms with E-state index in [4.69, 9.17) is 0 Å². The highest BCUT2D eigenvalue weighted by Gasteiger charge is 1.89. The van der Waals surface area contributed by atoms with Gasteiger partial charge in [0.2, 0.25) is 0 Å². The van der Waals surface area contributed by atoms with Gasteiger partial charge in [0.15, 0.2) is 0 Å². The molecule has 0 unspecified atom stereocenters. The average Bonchev–Trinajstić information content (AvgIpc) is 1.89.